The van der Waals surface area contributed by atoms with E-state index in [-0.39, 0.29) is 29.7 Å². The summed E-state index contributed by atoms with van der Waals surface area (Å²) in [5.41, 5.74) is 0.465. The van der Waals surface area contributed by atoms with Crippen LogP contribution in [0.4, 0.5) is 0 Å². The largest absolute Gasteiger partial charge is 0.465 e. The molecule has 27 heavy (non-hydrogen) atoms. The highest BCUT2D eigenvalue weighted by molar-refractivity contribution is 7.89. The molecule has 0 N–H and O–H groups in total. The summed E-state index contributed by atoms with van der Waals surface area (Å²) in [4.78, 5) is 25.3. The molecule has 1 aromatic heterocycles. The Balaban J connectivity index is 1.62. The van der Waals surface area contributed by atoms with Crippen molar-refractivity contribution >= 4 is 27.8 Å². The van der Waals surface area contributed by atoms with Gasteiger partial charge >= 0.3 is 0 Å². The summed E-state index contributed by atoms with van der Waals surface area (Å²) >= 11 is 0. The predicted octanol–water partition coefficient (Wildman–Crippen LogP) is 2.03. The minimum atomic E-state index is -3.65. The molecule has 2 aromatic rings. The fourth-order valence-corrected chi connectivity index (χ4v) is 4.23. The van der Waals surface area contributed by atoms with Crippen LogP contribution in [0.2, 0.25) is 0 Å². The van der Waals surface area contributed by atoms with Crippen LogP contribution >= 0.6 is 0 Å². The Kier molecular flexibility index (Phi) is 5.57. The molecule has 0 radical (unpaired) electrons. The first kappa shape index (κ1) is 19.1. The molecule has 1 saturated heterocycles. The van der Waals surface area contributed by atoms with Crippen LogP contribution in [0, 0.1) is 0 Å². The predicted molar refractivity (Wildman–Crippen MR) is 99.5 cm³/mol. The Morgan fingerprint density at radius 3 is 2.26 bits per heavy atom. The molecule has 0 aliphatic carbocycles. The van der Waals surface area contributed by atoms with Crippen molar-refractivity contribution in [3.8, 4) is 0 Å². The van der Waals surface area contributed by atoms with E-state index in [9.17, 15) is 18.0 Å². The van der Waals surface area contributed by atoms with Crippen molar-refractivity contribution in [2.24, 2.45) is 0 Å². The molecule has 1 fully saturated rings. The number of Topliss-reactive ketones (excluding diaryl/α,β-unsaturated/α-hetero) is 1. The molecule has 3 rings (SSSR count). The van der Waals surface area contributed by atoms with E-state index >= 15 is 0 Å². The van der Waals surface area contributed by atoms with E-state index in [1.54, 1.807) is 23.1 Å². The Morgan fingerprint density at radius 1 is 1.04 bits per heavy atom. The molecule has 7 nitrogen and oxygen atoms in total. The van der Waals surface area contributed by atoms with Gasteiger partial charge in [-0.05, 0) is 37.3 Å². The van der Waals surface area contributed by atoms with Crippen molar-refractivity contribution in [3.63, 3.8) is 0 Å². The summed E-state index contributed by atoms with van der Waals surface area (Å²) < 4.78 is 32.0. The number of nitrogens with zero attached hydrogens (tertiary/aromatic N) is 2. The molecule has 0 spiro atoms. The first-order valence-electron chi connectivity index (χ1n) is 8.49. The highest BCUT2D eigenvalue weighted by Crippen LogP contribution is 2.19. The van der Waals surface area contributed by atoms with Crippen LogP contribution in [0.25, 0.3) is 6.08 Å². The van der Waals surface area contributed by atoms with Crippen molar-refractivity contribution in [3.05, 3.63) is 60.1 Å². The highest BCUT2D eigenvalue weighted by atomic mass is 32.2. The fourth-order valence-electron chi connectivity index (χ4n) is 2.80. The summed E-state index contributed by atoms with van der Waals surface area (Å²) in [6, 6.07) is 9.37. The van der Waals surface area contributed by atoms with E-state index in [1.807, 2.05) is 0 Å². The molecule has 0 unspecified atom stereocenters. The monoisotopic (exact) mass is 388 g/mol. The van der Waals surface area contributed by atoms with E-state index < -0.39 is 10.0 Å². The molecular formula is C19H20N2O5S. The maximum atomic E-state index is 12.7. The van der Waals surface area contributed by atoms with Gasteiger partial charge in [0, 0.05) is 37.8 Å². The van der Waals surface area contributed by atoms with Gasteiger partial charge in [-0.1, -0.05) is 12.1 Å². The maximum Gasteiger partial charge on any atom is 0.246 e. The summed E-state index contributed by atoms with van der Waals surface area (Å²) in [6.07, 6.45) is 4.53. The minimum absolute atomic E-state index is 0.117. The number of benzene rings is 1. The summed E-state index contributed by atoms with van der Waals surface area (Å²) in [5.74, 6) is 0.279. The summed E-state index contributed by atoms with van der Waals surface area (Å²) in [5, 5.41) is 0. The number of carbonyl (C=O) groups is 2. The number of hydrogen-bond acceptors (Lipinski definition) is 5. The first-order valence-corrected chi connectivity index (χ1v) is 9.93. The van der Waals surface area contributed by atoms with E-state index in [1.165, 1.54) is 47.8 Å². The lowest BCUT2D eigenvalue weighted by Crippen LogP contribution is -2.50. The minimum Gasteiger partial charge on any atom is -0.465 e. The third-order valence-corrected chi connectivity index (χ3v) is 6.30. The Bertz CT molecular complexity index is 938. The molecule has 1 aliphatic rings. The highest BCUT2D eigenvalue weighted by Gasteiger charge is 2.29. The second-order valence-electron chi connectivity index (χ2n) is 6.16. The average molecular weight is 388 g/mol. The van der Waals surface area contributed by atoms with E-state index in [0.29, 0.717) is 24.4 Å². The van der Waals surface area contributed by atoms with Gasteiger partial charge in [-0.25, -0.2) is 8.42 Å². The number of amides is 1. The molecule has 1 aliphatic heterocycles. The number of piperazine rings is 1. The van der Waals surface area contributed by atoms with Gasteiger partial charge in [0.1, 0.15) is 5.76 Å². The van der Waals surface area contributed by atoms with Crippen LogP contribution in [-0.2, 0) is 14.8 Å². The summed E-state index contributed by atoms with van der Waals surface area (Å²) in [6.45, 7) is 2.49. The van der Waals surface area contributed by atoms with Gasteiger partial charge in [-0.3, -0.25) is 9.59 Å². The van der Waals surface area contributed by atoms with Crippen LogP contribution in [0.3, 0.4) is 0 Å². The standard InChI is InChI=1S/C19H20N2O5S/c1-15(22)16-4-7-18(8-5-16)27(24,25)21-12-10-20(11-13-21)19(23)9-6-17-3-2-14-26-17/h2-9,14H,10-13H2,1H3/b9-6+. The van der Waals surface area contributed by atoms with Gasteiger partial charge in [0.05, 0.1) is 11.2 Å². The zero-order chi connectivity index (χ0) is 19.4. The lowest BCUT2D eigenvalue weighted by Gasteiger charge is -2.33. The molecule has 0 bridgehead atoms. The first-order chi connectivity index (χ1) is 12.9. The third-order valence-electron chi connectivity index (χ3n) is 4.38. The molecule has 8 heteroatoms. The zero-order valence-electron chi connectivity index (χ0n) is 14.9. The van der Waals surface area contributed by atoms with Crippen molar-refractivity contribution in [1.82, 2.24) is 9.21 Å². The Labute approximate surface area is 157 Å². The van der Waals surface area contributed by atoms with Gasteiger partial charge in [0.15, 0.2) is 5.78 Å². The fraction of sp³-hybridized carbons (Fsp3) is 0.263. The molecule has 1 aromatic carbocycles. The van der Waals surface area contributed by atoms with Gasteiger partial charge in [0.25, 0.3) is 0 Å². The van der Waals surface area contributed by atoms with Gasteiger partial charge in [-0.15, -0.1) is 0 Å². The molecule has 2 heterocycles. The van der Waals surface area contributed by atoms with Crippen LogP contribution in [-0.4, -0.2) is 55.5 Å². The molecule has 0 saturated carbocycles. The van der Waals surface area contributed by atoms with Crippen molar-refractivity contribution in [2.75, 3.05) is 26.2 Å². The number of rotatable bonds is 5. The zero-order valence-corrected chi connectivity index (χ0v) is 15.7. The number of furan rings is 1. The van der Waals surface area contributed by atoms with Crippen molar-refractivity contribution in [1.29, 1.82) is 0 Å². The van der Waals surface area contributed by atoms with Crippen LogP contribution < -0.4 is 0 Å². The normalized spacial score (nSPS) is 16.0. The van der Waals surface area contributed by atoms with Gasteiger partial charge in [-0.2, -0.15) is 4.31 Å². The molecular weight excluding hydrogens is 368 g/mol. The second-order valence-corrected chi connectivity index (χ2v) is 8.10. The third kappa shape index (κ3) is 4.35. The average Bonchev–Trinajstić information content (AvgIpc) is 3.20. The summed E-state index contributed by atoms with van der Waals surface area (Å²) in [7, 11) is -3.65. The van der Waals surface area contributed by atoms with Gasteiger partial charge in [0.2, 0.25) is 15.9 Å². The van der Waals surface area contributed by atoms with E-state index in [0.717, 1.165) is 0 Å². The Morgan fingerprint density at radius 2 is 1.70 bits per heavy atom. The second kappa shape index (κ2) is 7.89. The number of hydrogen-bond donors (Lipinski definition) is 0. The molecule has 142 valence electrons. The Hall–Kier alpha value is -2.71. The topological polar surface area (TPSA) is 87.9 Å². The lowest BCUT2D eigenvalue weighted by molar-refractivity contribution is -0.127. The van der Waals surface area contributed by atoms with Crippen LogP contribution in [0.15, 0.2) is 58.1 Å². The molecule has 1 amide bonds. The van der Waals surface area contributed by atoms with Gasteiger partial charge < -0.3 is 9.32 Å². The number of sulfonamides is 1. The van der Waals surface area contributed by atoms with Crippen molar-refractivity contribution in [2.45, 2.75) is 11.8 Å². The van der Waals surface area contributed by atoms with Crippen LogP contribution in [0.1, 0.15) is 23.0 Å². The smallest absolute Gasteiger partial charge is 0.246 e. The number of ketones is 1. The lowest BCUT2D eigenvalue weighted by atomic mass is 10.2. The SMILES string of the molecule is CC(=O)c1ccc(S(=O)(=O)N2CCN(C(=O)/C=C/c3ccco3)CC2)cc1. The number of carbonyl (C=O) groups excluding carboxylic acids is 2. The van der Waals surface area contributed by atoms with E-state index in [4.69, 9.17) is 4.42 Å². The van der Waals surface area contributed by atoms with Crippen molar-refractivity contribution < 1.29 is 22.4 Å². The quantitative estimate of drug-likeness (QED) is 0.578. The van der Waals surface area contributed by atoms with E-state index in [2.05, 4.69) is 0 Å². The maximum absolute atomic E-state index is 12.7. The molecule has 0 atom stereocenters. The van der Waals surface area contributed by atoms with Crippen LogP contribution in [0.5, 0.6) is 0 Å².